The van der Waals surface area contributed by atoms with E-state index in [2.05, 4.69) is 62.6 Å². The topological polar surface area (TPSA) is 80.0 Å². The Balaban J connectivity index is 2.03. The Kier molecular flexibility index (Phi) is 8.18. The largest absolute Gasteiger partial charge is 0.503 e. The summed E-state index contributed by atoms with van der Waals surface area (Å²) < 4.78 is 13.8. The van der Waals surface area contributed by atoms with Gasteiger partial charge in [-0.2, -0.15) is 5.10 Å². The van der Waals surface area contributed by atoms with Crippen LogP contribution in [0.2, 0.25) is 0 Å². The normalized spacial score (nSPS) is 11.2. The van der Waals surface area contributed by atoms with E-state index in [1.807, 2.05) is 35.1 Å². The summed E-state index contributed by atoms with van der Waals surface area (Å²) in [6.45, 7) is 8.32. The second-order valence-electron chi connectivity index (χ2n) is 8.30. The highest BCUT2D eigenvalue weighted by Crippen LogP contribution is 2.38. The van der Waals surface area contributed by atoms with Crippen molar-refractivity contribution >= 4 is 37.5 Å². The fourth-order valence-corrected chi connectivity index (χ4v) is 4.67. The lowest BCUT2D eigenvalue weighted by Crippen LogP contribution is -2.23. The van der Waals surface area contributed by atoms with Gasteiger partial charge in [0.1, 0.15) is 0 Å². The predicted octanol–water partition coefficient (Wildman–Crippen LogP) is 6.01. The van der Waals surface area contributed by atoms with Crippen LogP contribution in [0.1, 0.15) is 30.7 Å². The lowest BCUT2D eigenvalue weighted by molar-refractivity contribution is 0.371. The van der Waals surface area contributed by atoms with Crippen LogP contribution in [0.3, 0.4) is 0 Å². The average Bonchev–Trinajstić information content (AvgIpc) is 3.11. The maximum atomic E-state index is 10.2. The molecule has 178 valence electrons. The number of hydrogen-bond acceptors (Lipinski definition) is 6. The minimum absolute atomic E-state index is 0.0703. The summed E-state index contributed by atoms with van der Waals surface area (Å²) in [4.78, 5) is 2.20. The molecule has 7 nitrogen and oxygen atoms in total. The number of rotatable bonds is 9. The van der Waals surface area contributed by atoms with E-state index in [4.69, 9.17) is 9.47 Å². The third kappa shape index (κ3) is 5.76. The first-order valence-electron chi connectivity index (χ1n) is 10.5. The number of anilines is 1. The molecule has 0 atom stereocenters. The Hall–Kier alpha value is -2.39. The van der Waals surface area contributed by atoms with Crippen LogP contribution in [-0.4, -0.2) is 34.2 Å². The predicted molar refractivity (Wildman–Crippen MR) is 136 cm³/mol. The van der Waals surface area contributed by atoms with Crippen molar-refractivity contribution in [2.45, 2.75) is 40.4 Å². The Morgan fingerprint density at radius 2 is 1.42 bits per heavy atom. The number of aromatic hydroxyl groups is 2. The Morgan fingerprint density at radius 1 is 0.939 bits per heavy atom. The molecule has 0 aliphatic carbocycles. The molecule has 0 aliphatic heterocycles. The molecule has 0 spiro atoms. The molecule has 1 heterocycles. The molecule has 1 aromatic heterocycles. The summed E-state index contributed by atoms with van der Waals surface area (Å²) in [5, 5.41) is 25.0. The van der Waals surface area contributed by atoms with E-state index in [0.717, 1.165) is 29.1 Å². The first-order chi connectivity index (χ1) is 15.6. The van der Waals surface area contributed by atoms with Crippen molar-refractivity contribution in [1.82, 2.24) is 9.78 Å². The molecule has 0 unspecified atom stereocenters. The van der Waals surface area contributed by atoms with Crippen LogP contribution in [0.4, 0.5) is 5.69 Å². The highest BCUT2D eigenvalue weighted by molar-refractivity contribution is 9.10. The van der Waals surface area contributed by atoms with Gasteiger partial charge in [-0.1, -0.05) is 13.8 Å². The number of phenolic OH excluding ortho intramolecular Hbond substituents is 2. The molecule has 0 saturated heterocycles. The SMILES string of the molecule is COc1cc(CN(Cc2cc(Br)c(O)c(OC)c2)c2cnn(CC(C)C)c2C)cc(Br)c1O. The number of benzene rings is 2. The van der Waals surface area contributed by atoms with Crippen LogP contribution in [0, 0.1) is 12.8 Å². The third-order valence-electron chi connectivity index (χ3n) is 5.32. The second kappa shape index (κ2) is 10.7. The quantitative estimate of drug-likeness (QED) is 0.322. The number of aromatic nitrogens is 2. The molecule has 0 bridgehead atoms. The zero-order valence-corrected chi connectivity index (χ0v) is 22.6. The first-order valence-corrected chi connectivity index (χ1v) is 12.1. The molecule has 0 amide bonds. The minimum Gasteiger partial charge on any atom is -0.503 e. The monoisotopic (exact) mass is 581 g/mol. The summed E-state index contributed by atoms with van der Waals surface area (Å²) in [5.74, 6) is 1.42. The summed E-state index contributed by atoms with van der Waals surface area (Å²) in [6, 6.07) is 7.42. The number of phenols is 2. The Morgan fingerprint density at radius 3 is 1.85 bits per heavy atom. The second-order valence-corrected chi connectivity index (χ2v) is 10.0. The number of halogens is 2. The van der Waals surface area contributed by atoms with Crippen molar-refractivity contribution in [2.24, 2.45) is 5.92 Å². The van der Waals surface area contributed by atoms with Crippen LogP contribution in [0.15, 0.2) is 39.4 Å². The fraction of sp³-hybridized carbons (Fsp3) is 0.375. The van der Waals surface area contributed by atoms with E-state index in [0.29, 0.717) is 39.5 Å². The van der Waals surface area contributed by atoms with Crippen LogP contribution >= 0.6 is 31.9 Å². The van der Waals surface area contributed by atoms with E-state index in [9.17, 15) is 10.2 Å². The lowest BCUT2D eigenvalue weighted by atomic mass is 10.1. The van der Waals surface area contributed by atoms with Gasteiger partial charge < -0.3 is 24.6 Å². The van der Waals surface area contributed by atoms with E-state index < -0.39 is 0 Å². The Bertz CT molecular complexity index is 1070. The van der Waals surface area contributed by atoms with Gasteiger partial charge in [-0.25, -0.2) is 0 Å². The maximum absolute atomic E-state index is 10.2. The molecule has 0 radical (unpaired) electrons. The lowest BCUT2D eigenvalue weighted by Gasteiger charge is -2.26. The van der Waals surface area contributed by atoms with Gasteiger partial charge in [0.25, 0.3) is 0 Å². The highest BCUT2D eigenvalue weighted by atomic mass is 79.9. The van der Waals surface area contributed by atoms with Gasteiger partial charge >= 0.3 is 0 Å². The summed E-state index contributed by atoms with van der Waals surface area (Å²) >= 11 is 6.83. The number of methoxy groups -OCH3 is 2. The van der Waals surface area contributed by atoms with Crippen LogP contribution in [0.5, 0.6) is 23.0 Å². The van der Waals surface area contributed by atoms with Crippen LogP contribution < -0.4 is 14.4 Å². The fourth-order valence-electron chi connectivity index (χ4n) is 3.69. The molecule has 2 N–H and O–H groups in total. The van der Waals surface area contributed by atoms with Gasteiger partial charge in [-0.3, -0.25) is 4.68 Å². The van der Waals surface area contributed by atoms with Gasteiger partial charge in [-0.05, 0) is 80.1 Å². The number of ether oxygens (including phenoxy) is 2. The van der Waals surface area contributed by atoms with Crippen molar-refractivity contribution in [3.05, 3.63) is 56.2 Å². The van der Waals surface area contributed by atoms with Crippen molar-refractivity contribution in [3.63, 3.8) is 0 Å². The molecule has 2 aromatic carbocycles. The zero-order chi connectivity index (χ0) is 24.3. The van der Waals surface area contributed by atoms with Crippen molar-refractivity contribution in [3.8, 4) is 23.0 Å². The minimum atomic E-state index is 0.0703. The molecule has 0 saturated carbocycles. The van der Waals surface area contributed by atoms with Crippen LogP contribution in [-0.2, 0) is 19.6 Å². The van der Waals surface area contributed by atoms with Crippen molar-refractivity contribution in [1.29, 1.82) is 0 Å². The summed E-state index contributed by atoms with van der Waals surface area (Å²) in [5.41, 5.74) is 3.98. The molecule has 3 rings (SSSR count). The van der Waals surface area contributed by atoms with Gasteiger partial charge in [-0.15, -0.1) is 0 Å². The zero-order valence-electron chi connectivity index (χ0n) is 19.4. The molecule has 0 aliphatic rings. The number of hydrogen-bond donors (Lipinski definition) is 2. The van der Waals surface area contributed by atoms with Gasteiger partial charge in [0.05, 0.1) is 40.7 Å². The molecule has 0 fully saturated rings. The smallest absolute Gasteiger partial charge is 0.172 e. The summed E-state index contributed by atoms with van der Waals surface area (Å²) in [6.07, 6.45) is 1.89. The average molecular weight is 583 g/mol. The third-order valence-corrected chi connectivity index (χ3v) is 6.53. The first kappa shape index (κ1) is 25.2. The van der Waals surface area contributed by atoms with E-state index >= 15 is 0 Å². The van der Waals surface area contributed by atoms with E-state index in [1.54, 1.807) is 0 Å². The van der Waals surface area contributed by atoms with Crippen molar-refractivity contribution < 1.29 is 19.7 Å². The number of nitrogens with zero attached hydrogens (tertiary/aromatic N) is 3. The molecule has 33 heavy (non-hydrogen) atoms. The van der Waals surface area contributed by atoms with Crippen LogP contribution in [0.25, 0.3) is 0 Å². The standard InChI is InChI=1S/C24H29Br2N3O4/c1-14(2)11-29-15(3)20(10-27-29)28(12-16-6-18(25)23(30)21(8-16)32-4)13-17-7-19(26)24(31)22(9-17)33-5/h6-10,14,30-31H,11-13H2,1-5H3. The van der Waals surface area contributed by atoms with E-state index in [1.165, 1.54) is 14.2 Å². The molecular formula is C24H29Br2N3O4. The van der Waals surface area contributed by atoms with Crippen molar-refractivity contribution in [2.75, 3.05) is 19.1 Å². The maximum Gasteiger partial charge on any atom is 0.172 e. The van der Waals surface area contributed by atoms with Gasteiger partial charge in [0.2, 0.25) is 0 Å². The molecule has 9 heteroatoms. The van der Waals surface area contributed by atoms with Gasteiger partial charge in [0, 0.05) is 19.6 Å². The summed E-state index contributed by atoms with van der Waals surface area (Å²) in [7, 11) is 3.06. The molecular weight excluding hydrogens is 554 g/mol. The van der Waals surface area contributed by atoms with E-state index in [-0.39, 0.29) is 11.5 Å². The van der Waals surface area contributed by atoms with Gasteiger partial charge in [0.15, 0.2) is 23.0 Å². The Labute approximate surface area is 211 Å². The highest BCUT2D eigenvalue weighted by Gasteiger charge is 2.19. The molecule has 3 aromatic rings.